The number of hydrogen-bond acceptors (Lipinski definition) is 5. The molecule has 1 aromatic heterocycles. The molecule has 0 amide bonds. The maximum Gasteiger partial charge on any atom is 0.106 e. The first-order valence-corrected chi connectivity index (χ1v) is 6.14. The largest absolute Gasteiger partial charge is 0.397 e. The Hall–Kier alpha value is -1.33. The summed E-state index contributed by atoms with van der Waals surface area (Å²) in [5, 5.41) is 3.33. The summed E-state index contributed by atoms with van der Waals surface area (Å²) in [6.45, 7) is 4.25. The zero-order valence-electron chi connectivity index (χ0n) is 9.19. The molecular formula is C11H15N3OS. The third kappa shape index (κ3) is 2.25. The van der Waals surface area contributed by atoms with Crippen molar-refractivity contribution in [2.24, 2.45) is 0 Å². The summed E-state index contributed by atoms with van der Waals surface area (Å²) in [6, 6.07) is 3.87. The molecule has 1 aromatic carbocycles. The van der Waals surface area contributed by atoms with E-state index in [4.69, 9.17) is 10.5 Å². The van der Waals surface area contributed by atoms with E-state index in [0.717, 1.165) is 34.7 Å². The van der Waals surface area contributed by atoms with E-state index < -0.39 is 0 Å². The molecule has 5 heteroatoms. The second-order valence-corrected chi connectivity index (χ2v) is 4.21. The van der Waals surface area contributed by atoms with Crippen LogP contribution < -0.4 is 11.1 Å². The molecule has 0 aliphatic carbocycles. The summed E-state index contributed by atoms with van der Waals surface area (Å²) in [4.78, 5) is 4.25. The highest BCUT2D eigenvalue weighted by molar-refractivity contribution is 7.17. The van der Waals surface area contributed by atoms with Crippen LogP contribution in [0.3, 0.4) is 0 Å². The highest BCUT2D eigenvalue weighted by Crippen LogP contribution is 2.30. The lowest BCUT2D eigenvalue weighted by Gasteiger charge is -2.07. The number of fused-ring (bicyclic) bond motifs is 1. The van der Waals surface area contributed by atoms with E-state index in [1.54, 1.807) is 11.3 Å². The topological polar surface area (TPSA) is 60.2 Å². The SMILES string of the molecule is CCOCCNc1ccc(N)c2ncsc12. The number of hydrogen-bond donors (Lipinski definition) is 2. The Balaban J connectivity index is 2.12. The summed E-state index contributed by atoms with van der Waals surface area (Å²) >= 11 is 1.60. The first-order chi connectivity index (χ1) is 7.83. The van der Waals surface area contributed by atoms with Crippen LogP contribution in [-0.2, 0) is 4.74 Å². The zero-order chi connectivity index (χ0) is 11.4. The first kappa shape index (κ1) is 11.2. The third-order valence-electron chi connectivity index (χ3n) is 2.28. The van der Waals surface area contributed by atoms with Crippen LogP contribution in [0.5, 0.6) is 0 Å². The number of anilines is 2. The van der Waals surface area contributed by atoms with Crippen LogP contribution >= 0.6 is 11.3 Å². The molecule has 0 unspecified atom stereocenters. The van der Waals surface area contributed by atoms with E-state index in [0.29, 0.717) is 6.61 Å². The van der Waals surface area contributed by atoms with Crippen molar-refractivity contribution in [2.75, 3.05) is 30.8 Å². The number of nitrogens with two attached hydrogens (primary N) is 1. The van der Waals surface area contributed by atoms with Gasteiger partial charge in [0.1, 0.15) is 5.52 Å². The molecule has 0 bridgehead atoms. The summed E-state index contributed by atoms with van der Waals surface area (Å²) in [5.41, 5.74) is 10.3. The monoisotopic (exact) mass is 237 g/mol. The minimum absolute atomic E-state index is 0.709. The standard InChI is InChI=1S/C11H15N3OS/c1-2-15-6-5-13-9-4-3-8(12)10-11(9)16-7-14-10/h3-4,7,13H,2,5-6,12H2,1H3. The average Bonchev–Trinajstić information content (AvgIpc) is 2.77. The Bertz CT molecular complexity index is 469. The summed E-state index contributed by atoms with van der Waals surface area (Å²) in [7, 11) is 0. The van der Waals surface area contributed by atoms with E-state index in [2.05, 4.69) is 10.3 Å². The number of ether oxygens (including phenoxy) is 1. The number of rotatable bonds is 5. The highest BCUT2D eigenvalue weighted by Gasteiger charge is 2.05. The Morgan fingerprint density at radius 2 is 2.38 bits per heavy atom. The number of thiazole rings is 1. The fraction of sp³-hybridized carbons (Fsp3) is 0.364. The lowest BCUT2D eigenvalue weighted by atomic mass is 10.2. The van der Waals surface area contributed by atoms with Crippen molar-refractivity contribution in [3.63, 3.8) is 0 Å². The minimum Gasteiger partial charge on any atom is -0.397 e. The lowest BCUT2D eigenvalue weighted by Crippen LogP contribution is -2.09. The quantitative estimate of drug-likeness (QED) is 0.619. The van der Waals surface area contributed by atoms with Gasteiger partial charge in [-0.3, -0.25) is 0 Å². The smallest absolute Gasteiger partial charge is 0.106 e. The molecule has 16 heavy (non-hydrogen) atoms. The summed E-state index contributed by atoms with van der Waals surface area (Å²) in [6.07, 6.45) is 0. The van der Waals surface area contributed by atoms with Gasteiger partial charge in [-0.2, -0.15) is 0 Å². The third-order valence-corrected chi connectivity index (χ3v) is 3.14. The number of nitrogens with one attached hydrogen (secondary N) is 1. The van der Waals surface area contributed by atoms with Gasteiger partial charge in [0.05, 0.1) is 28.2 Å². The van der Waals surface area contributed by atoms with E-state index in [1.165, 1.54) is 0 Å². The van der Waals surface area contributed by atoms with E-state index in [9.17, 15) is 0 Å². The van der Waals surface area contributed by atoms with Crippen molar-refractivity contribution in [3.05, 3.63) is 17.6 Å². The minimum atomic E-state index is 0.709. The molecule has 2 aromatic rings. The van der Waals surface area contributed by atoms with E-state index >= 15 is 0 Å². The second kappa shape index (κ2) is 5.14. The molecule has 3 N–H and O–H groups in total. The van der Waals surface area contributed by atoms with Crippen molar-refractivity contribution in [1.29, 1.82) is 0 Å². The predicted octanol–water partition coefficient (Wildman–Crippen LogP) is 2.33. The molecule has 0 aliphatic rings. The van der Waals surface area contributed by atoms with Gasteiger partial charge in [0.15, 0.2) is 0 Å². The van der Waals surface area contributed by atoms with Gasteiger partial charge >= 0.3 is 0 Å². The molecule has 2 rings (SSSR count). The van der Waals surface area contributed by atoms with Crippen LogP contribution in [-0.4, -0.2) is 24.7 Å². The number of aromatic nitrogens is 1. The van der Waals surface area contributed by atoms with Crippen molar-refractivity contribution in [1.82, 2.24) is 4.98 Å². The Morgan fingerprint density at radius 3 is 3.19 bits per heavy atom. The Morgan fingerprint density at radius 1 is 1.50 bits per heavy atom. The van der Waals surface area contributed by atoms with Crippen molar-refractivity contribution >= 4 is 32.9 Å². The number of nitrogen functional groups attached to an aromatic ring is 1. The van der Waals surface area contributed by atoms with Gasteiger partial charge in [-0.05, 0) is 19.1 Å². The molecule has 0 saturated carbocycles. The van der Waals surface area contributed by atoms with Crippen molar-refractivity contribution < 1.29 is 4.74 Å². The van der Waals surface area contributed by atoms with Crippen LogP contribution in [0.4, 0.5) is 11.4 Å². The Kier molecular flexibility index (Phi) is 3.58. The average molecular weight is 237 g/mol. The van der Waals surface area contributed by atoms with Crippen molar-refractivity contribution in [2.45, 2.75) is 6.92 Å². The number of nitrogens with zero attached hydrogens (tertiary/aromatic N) is 1. The molecule has 0 saturated heterocycles. The lowest BCUT2D eigenvalue weighted by molar-refractivity contribution is 0.158. The van der Waals surface area contributed by atoms with Crippen LogP contribution in [0, 0.1) is 0 Å². The second-order valence-electron chi connectivity index (χ2n) is 3.36. The van der Waals surface area contributed by atoms with Crippen LogP contribution in [0.25, 0.3) is 10.2 Å². The summed E-state index contributed by atoms with van der Waals surface area (Å²) < 4.78 is 6.38. The van der Waals surface area contributed by atoms with Crippen LogP contribution in [0.1, 0.15) is 6.92 Å². The highest BCUT2D eigenvalue weighted by atomic mass is 32.1. The van der Waals surface area contributed by atoms with Crippen LogP contribution in [0.15, 0.2) is 17.6 Å². The maximum absolute atomic E-state index is 5.84. The van der Waals surface area contributed by atoms with Gasteiger partial charge in [-0.15, -0.1) is 11.3 Å². The van der Waals surface area contributed by atoms with E-state index in [-0.39, 0.29) is 0 Å². The first-order valence-electron chi connectivity index (χ1n) is 5.26. The molecule has 0 radical (unpaired) electrons. The molecule has 86 valence electrons. The molecular weight excluding hydrogens is 222 g/mol. The molecule has 0 atom stereocenters. The molecule has 0 spiro atoms. The molecule has 1 heterocycles. The van der Waals surface area contributed by atoms with Crippen LogP contribution in [0.2, 0.25) is 0 Å². The maximum atomic E-state index is 5.84. The van der Waals surface area contributed by atoms with Gasteiger partial charge in [0.25, 0.3) is 0 Å². The van der Waals surface area contributed by atoms with E-state index in [1.807, 2.05) is 24.6 Å². The zero-order valence-corrected chi connectivity index (χ0v) is 10.0. The van der Waals surface area contributed by atoms with Gasteiger partial charge in [-0.1, -0.05) is 0 Å². The summed E-state index contributed by atoms with van der Waals surface area (Å²) in [5.74, 6) is 0. The molecule has 0 fully saturated rings. The van der Waals surface area contributed by atoms with Gasteiger partial charge in [0, 0.05) is 13.2 Å². The normalized spacial score (nSPS) is 10.8. The van der Waals surface area contributed by atoms with Gasteiger partial charge in [-0.25, -0.2) is 4.98 Å². The fourth-order valence-electron chi connectivity index (χ4n) is 1.51. The predicted molar refractivity (Wildman–Crippen MR) is 69.0 cm³/mol. The van der Waals surface area contributed by atoms with Crippen molar-refractivity contribution in [3.8, 4) is 0 Å². The fourth-order valence-corrected chi connectivity index (χ4v) is 2.32. The van der Waals surface area contributed by atoms with Gasteiger partial charge < -0.3 is 15.8 Å². The number of benzene rings is 1. The Labute approximate surface area is 98.4 Å². The molecule has 0 aliphatic heterocycles. The molecule has 4 nitrogen and oxygen atoms in total. The van der Waals surface area contributed by atoms with Gasteiger partial charge in [0.2, 0.25) is 0 Å².